The fourth-order valence-corrected chi connectivity index (χ4v) is 2.88. The van der Waals surface area contributed by atoms with Crippen LogP contribution in [0.5, 0.6) is 0 Å². The number of nitrogens with two attached hydrogens (primary N) is 1. The molecule has 0 bridgehead atoms. The van der Waals surface area contributed by atoms with Crippen molar-refractivity contribution in [3.8, 4) is 0 Å². The summed E-state index contributed by atoms with van der Waals surface area (Å²) in [4.78, 5) is 6.50. The van der Waals surface area contributed by atoms with Gasteiger partial charge in [-0.1, -0.05) is 30.2 Å². The molecule has 1 aromatic carbocycles. The first-order valence-electron chi connectivity index (χ1n) is 6.11. The third-order valence-corrected chi connectivity index (χ3v) is 4.14. The summed E-state index contributed by atoms with van der Waals surface area (Å²) in [7, 11) is 0. The molecule has 2 N–H and O–H groups in total. The van der Waals surface area contributed by atoms with Crippen LogP contribution < -0.4 is 10.6 Å². The lowest BCUT2D eigenvalue weighted by molar-refractivity contribution is 0.271. The van der Waals surface area contributed by atoms with E-state index in [0.29, 0.717) is 12.0 Å². The summed E-state index contributed by atoms with van der Waals surface area (Å²) >= 11 is 6.25. The molecule has 0 radical (unpaired) electrons. The van der Waals surface area contributed by atoms with Crippen molar-refractivity contribution in [2.24, 2.45) is 16.6 Å². The lowest BCUT2D eigenvalue weighted by Crippen LogP contribution is -2.46. The van der Waals surface area contributed by atoms with Crippen molar-refractivity contribution in [2.45, 2.75) is 25.3 Å². The number of hydrogen-bond acceptors (Lipinski definition) is 3. The minimum atomic E-state index is 0.406. The Labute approximate surface area is 106 Å². The number of benzene rings is 1. The maximum absolute atomic E-state index is 6.25. The van der Waals surface area contributed by atoms with Crippen molar-refractivity contribution in [3.05, 3.63) is 29.3 Å². The van der Waals surface area contributed by atoms with Crippen LogP contribution in [-0.4, -0.2) is 18.5 Å². The van der Waals surface area contributed by atoms with E-state index in [-0.39, 0.29) is 0 Å². The highest BCUT2D eigenvalue weighted by Crippen LogP contribution is 2.38. The van der Waals surface area contributed by atoms with Gasteiger partial charge in [0, 0.05) is 0 Å². The molecule has 90 valence electrons. The quantitative estimate of drug-likeness (QED) is 0.876. The largest absolute Gasteiger partial charge is 0.370 e. The Morgan fingerprint density at radius 3 is 2.71 bits per heavy atom. The summed E-state index contributed by atoms with van der Waals surface area (Å²) in [5, 5.41) is 0.747. The SMILES string of the molecule is NC1=NCC(C2CCC2)N1c1ccccc1Cl. The van der Waals surface area contributed by atoms with Crippen molar-refractivity contribution in [1.29, 1.82) is 0 Å². The van der Waals surface area contributed by atoms with Crippen LogP contribution >= 0.6 is 11.6 Å². The van der Waals surface area contributed by atoms with Gasteiger partial charge < -0.3 is 10.6 Å². The number of para-hydroxylation sites is 1. The second kappa shape index (κ2) is 4.22. The van der Waals surface area contributed by atoms with Gasteiger partial charge in [0.15, 0.2) is 5.96 Å². The smallest absolute Gasteiger partial charge is 0.196 e. The van der Waals surface area contributed by atoms with Gasteiger partial charge in [-0.25, -0.2) is 0 Å². The Morgan fingerprint density at radius 1 is 1.29 bits per heavy atom. The summed E-state index contributed by atoms with van der Waals surface area (Å²) in [5.41, 5.74) is 6.99. The van der Waals surface area contributed by atoms with Gasteiger partial charge in [-0.15, -0.1) is 0 Å². The molecule has 1 atom stereocenters. The van der Waals surface area contributed by atoms with Crippen molar-refractivity contribution in [3.63, 3.8) is 0 Å². The molecule has 1 unspecified atom stereocenters. The Hall–Kier alpha value is -1.22. The van der Waals surface area contributed by atoms with Gasteiger partial charge in [0.25, 0.3) is 0 Å². The zero-order valence-corrected chi connectivity index (χ0v) is 10.4. The lowest BCUT2D eigenvalue weighted by Gasteiger charge is -2.37. The highest BCUT2D eigenvalue weighted by molar-refractivity contribution is 6.33. The van der Waals surface area contributed by atoms with Gasteiger partial charge in [-0.2, -0.15) is 0 Å². The average molecular weight is 250 g/mol. The van der Waals surface area contributed by atoms with Crippen molar-refractivity contribution < 1.29 is 0 Å². The van der Waals surface area contributed by atoms with E-state index in [2.05, 4.69) is 9.89 Å². The number of rotatable bonds is 2. The highest BCUT2D eigenvalue weighted by atomic mass is 35.5. The van der Waals surface area contributed by atoms with Crippen LogP contribution in [0.1, 0.15) is 19.3 Å². The van der Waals surface area contributed by atoms with Crippen LogP contribution in [0.3, 0.4) is 0 Å². The maximum atomic E-state index is 6.25. The molecule has 0 aromatic heterocycles. The molecule has 1 saturated carbocycles. The molecular weight excluding hydrogens is 234 g/mol. The number of nitrogens with zero attached hydrogens (tertiary/aromatic N) is 2. The first-order chi connectivity index (χ1) is 8.27. The highest BCUT2D eigenvalue weighted by Gasteiger charge is 2.37. The van der Waals surface area contributed by atoms with Gasteiger partial charge in [0.05, 0.1) is 23.3 Å². The Kier molecular flexibility index (Phi) is 2.71. The zero-order valence-electron chi connectivity index (χ0n) is 9.64. The number of halogens is 1. The van der Waals surface area contributed by atoms with E-state index in [1.54, 1.807) is 0 Å². The van der Waals surface area contributed by atoms with Crippen LogP contribution in [0.4, 0.5) is 5.69 Å². The molecule has 3 nitrogen and oxygen atoms in total. The first-order valence-corrected chi connectivity index (χ1v) is 6.49. The molecule has 1 aromatic rings. The second-order valence-corrected chi connectivity index (χ2v) is 5.19. The molecule has 0 amide bonds. The van der Waals surface area contributed by atoms with Crippen LogP contribution in [0.15, 0.2) is 29.3 Å². The summed E-state index contributed by atoms with van der Waals surface area (Å²) < 4.78 is 0. The molecule has 1 heterocycles. The molecule has 1 aliphatic carbocycles. The summed E-state index contributed by atoms with van der Waals surface area (Å²) in [6.07, 6.45) is 3.90. The predicted octanol–water partition coefficient (Wildman–Crippen LogP) is 2.64. The fourth-order valence-electron chi connectivity index (χ4n) is 2.65. The molecular formula is C13H16ClN3. The Balaban J connectivity index is 1.93. The monoisotopic (exact) mass is 249 g/mol. The van der Waals surface area contributed by atoms with E-state index in [1.807, 2.05) is 24.3 Å². The van der Waals surface area contributed by atoms with Crippen LogP contribution in [0.2, 0.25) is 5.02 Å². The molecule has 2 aliphatic rings. The van der Waals surface area contributed by atoms with E-state index in [1.165, 1.54) is 19.3 Å². The zero-order chi connectivity index (χ0) is 11.8. The topological polar surface area (TPSA) is 41.6 Å². The molecule has 0 saturated heterocycles. The second-order valence-electron chi connectivity index (χ2n) is 4.78. The van der Waals surface area contributed by atoms with Gasteiger partial charge in [0.1, 0.15) is 0 Å². The Bertz CT molecular complexity index is 454. The lowest BCUT2D eigenvalue weighted by atomic mass is 9.79. The molecule has 1 aliphatic heterocycles. The summed E-state index contributed by atoms with van der Waals surface area (Å²) in [5.74, 6) is 1.33. The normalized spacial score (nSPS) is 24.6. The number of aliphatic imine (C=N–C) groups is 1. The van der Waals surface area contributed by atoms with E-state index in [9.17, 15) is 0 Å². The van der Waals surface area contributed by atoms with E-state index < -0.39 is 0 Å². The Morgan fingerprint density at radius 2 is 2.06 bits per heavy atom. The predicted molar refractivity (Wildman–Crippen MR) is 71.5 cm³/mol. The van der Waals surface area contributed by atoms with Gasteiger partial charge in [-0.3, -0.25) is 4.99 Å². The standard InChI is InChI=1S/C13H16ClN3/c14-10-6-1-2-7-11(10)17-12(8-16-13(17)15)9-4-3-5-9/h1-2,6-7,9,12H,3-5,8H2,(H2,15,16). The molecule has 4 heteroatoms. The van der Waals surface area contributed by atoms with Crippen LogP contribution in [0.25, 0.3) is 0 Å². The van der Waals surface area contributed by atoms with E-state index in [0.717, 1.165) is 23.2 Å². The molecule has 17 heavy (non-hydrogen) atoms. The van der Waals surface area contributed by atoms with Gasteiger partial charge in [-0.05, 0) is 30.9 Å². The minimum absolute atomic E-state index is 0.406. The van der Waals surface area contributed by atoms with Crippen LogP contribution in [0, 0.1) is 5.92 Å². The van der Waals surface area contributed by atoms with E-state index >= 15 is 0 Å². The van der Waals surface area contributed by atoms with Crippen molar-refractivity contribution >= 4 is 23.2 Å². The summed E-state index contributed by atoms with van der Waals surface area (Å²) in [6.45, 7) is 0.807. The molecule has 1 fully saturated rings. The minimum Gasteiger partial charge on any atom is -0.370 e. The number of anilines is 1. The average Bonchev–Trinajstić information content (AvgIpc) is 2.59. The third-order valence-electron chi connectivity index (χ3n) is 3.82. The van der Waals surface area contributed by atoms with E-state index in [4.69, 9.17) is 17.3 Å². The third kappa shape index (κ3) is 1.78. The van der Waals surface area contributed by atoms with Crippen molar-refractivity contribution in [1.82, 2.24) is 0 Å². The van der Waals surface area contributed by atoms with Gasteiger partial charge >= 0.3 is 0 Å². The van der Waals surface area contributed by atoms with Crippen LogP contribution in [-0.2, 0) is 0 Å². The molecule has 0 spiro atoms. The summed E-state index contributed by atoms with van der Waals surface area (Å²) in [6, 6.07) is 8.25. The fraction of sp³-hybridized carbons (Fsp3) is 0.462. The first kappa shape index (κ1) is 10.9. The maximum Gasteiger partial charge on any atom is 0.196 e. The van der Waals surface area contributed by atoms with Gasteiger partial charge in [0.2, 0.25) is 0 Å². The number of hydrogen-bond donors (Lipinski definition) is 1. The van der Waals surface area contributed by atoms with Crippen molar-refractivity contribution in [2.75, 3.05) is 11.4 Å². The number of guanidine groups is 1. The molecule has 3 rings (SSSR count).